The van der Waals surface area contributed by atoms with Gasteiger partial charge in [-0.1, -0.05) is 42.5 Å². The number of carbonyl (C=O) groups is 2. The van der Waals surface area contributed by atoms with Gasteiger partial charge in [0.05, 0.1) is 24.5 Å². The molecule has 0 saturated heterocycles. The summed E-state index contributed by atoms with van der Waals surface area (Å²) in [4.78, 5) is 38.7. The zero-order chi connectivity index (χ0) is 24.7. The lowest BCUT2D eigenvalue weighted by molar-refractivity contribution is 0.0934. The number of nitrogens with one attached hydrogen (secondary N) is 1. The maximum Gasteiger partial charge on any atom is 0.228 e. The number of H-pyrrole nitrogens is 1. The lowest BCUT2D eigenvalue weighted by Crippen LogP contribution is -2.27. The van der Waals surface area contributed by atoms with Crippen molar-refractivity contribution < 1.29 is 9.59 Å². The lowest BCUT2D eigenvalue weighted by Gasteiger charge is -2.21. The van der Waals surface area contributed by atoms with Crippen LogP contribution in [-0.2, 0) is 6.54 Å². The number of aryl methyl sites for hydroxylation is 3. The molecule has 1 aliphatic heterocycles. The molecule has 7 nitrogen and oxygen atoms in total. The molecule has 0 spiro atoms. The second kappa shape index (κ2) is 8.83. The molecule has 5 rings (SSSR count). The Labute approximate surface area is 204 Å². The van der Waals surface area contributed by atoms with Crippen LogP contribution in [0.2, 0.25) is 0 Å². The molecule has 1 N–H and O–H groups in total. The Kier molecular flexibility index (Phi) is 5.68. The number of aromatic nitrogens is 4. The molecule has 0 bridgehead atoms. The molecule has 2 aromatic carbocycles. The third kappa shape index (κ3) is 4.45. The van der Waals surface area contributed by atoms with Crippen molar-refractivity contribution in [3.8, 4) is 22.5 Å². The molecule has 0 unspecified atom stereocenters. The number of hydrogen-bond acceptors (Lipinski definition) is 5. The Balaban J connectivity index is 1.29. The van der Waals surface area contributed by atoms with Gasteiger partial charge in [0, 0.05) is 24.9 Å². The van der Waals surface area contributed by atoms with Gasteiger partial charge in [0.2, 0.25) is 11.7 Å². The highest BCUT2D eigenvalue weighted by Crippen LogP contribution is 2.27. The Morgan fingerprint density at radius 1 is 0.943 bits per heavy atom. The van der Waals surface area contributed by atoms with Crippen LogP contribution in [0.4, 0.5) is 0 Å². The highest BCUT2D eigenvalue weighted by molar-refractivity contribution is 5.96. The highest BCUT2D eigenvalue weighted by Gasteiger charge is 2.21. The molecule has 0 atom stereocenters. The molecular weight excluding hydrogens is 438 g/mol. The van der Waals surface area contributed by atoms with Crippen LogP contribution >= 0.6 is 0 Å². The van der Waals surface area contributed by atoms with Crippen molar-refractivity contribution in [3.05, 3.63) is 88.9 Å². The first-order valence-electron chi connectivity index (χ1n) is 11.6. The molecule has 0 amide bonds. The minimum Gasteiger partial charge on any atom is -0.364 e. The average Bonchev–Trinajstić information content (AvgIpc) is 3.44. The summed E-state index contributed by atoms with van der Waals surface area (Å²) in [7, 11) is 0. The van der Waals surface area contributed by atoms with Gasteiger partial charge in [-0.05, 0) is 49.1 Å². The Morgan fingerprint density at radius 2 is 1.66 bits per heavy atom. The number of fused-ring (bicyclic) bond motifs is 1. The molecule has 35 heavy (non-hydrogen) atoms. The van der Waals surface area contributed by atoms with Crippen molar-refractivity contribution in [3.63, 3.8) is 0 Å². The van der Waals surface area contributed by atoms with Gasteiger partial charge >= 0.3 is 0 Å². The first kappa shape index (κ1) is 22.5. The first-order chi connectivity index (χ1) is 16.8. The van der Waals surface area contributed by atoms with E-state index < -0.39 is 0 Å². The van der Waals surface area contributed by atoms with E-state index in [-0.39, 0.29) is 18.2 Å². The van der Waals surface area contributed by atoms with E-state index in [9.17, 15) is 9.59 Å². The SMILES string of the molecule is CC(=O)n1cc(C(=O)CN2C=Cc3[nH]c(-c4ccc(-c5ccc(C)c(C)c5)cc4)nc3C2)nc1C. The summed E-state index contributed by atoms with van der Waals surface area (Å²) in [5.41, 5.74) is 8.07. The predicted molar refractivity (Wildman–Crippen MR) is 136 cm³/mol. The Bertz CT molecular complexity index is 1470. The summed E-state index contributed by atoms with van der Waals surface area (Å²) in [6, 6.07) is 14.9. The molecule has 2 aromatic heterocycles. The van der Waals surface area contributed by atoms with Crippen molar-refractivity contribution in [2.45, 2.75) is 34.2 Å². The number of imidazole rings is 2. The average molecular weight is 466 g/mol. The van der Waals surface area contributed by atoms with Crippen LogP contribution in [0.1, 0.15) is 50.5 Å². The quantitative estimate of drug-likeness (QED) is 0.410. The summed E-state index contributed by atoms with van der Waals surface area (Å²) in [6.07, 6.45) is 5.33. The van der Waals surface area contributed by atoms with Crippen LogP contribution < -0.4 is 0 Å². The van der Waals surface area contributed by atoms with E-state index >= 15 is 0 Å². The molecule has 0 radical (unpaired) electrons. The normalized spacial score (nSPS) is 12.6. The zero-order valence-electron chi connectivity index (χ0n) is 20.3. The number of Topliss-reactive ketones (excluding diaryl/α,β-unsaturated/α-hetero) is 1. The molecule has 7 heteroatoms. The minimum absolute atomic E-state index is 0.140. The number of benzene rings is 2. The summed E-state index contributed by atoms with van der Waals surface area (Å²) >= 11 is 0. The van der Waals surface area contributed by atoms with Gasteiger partial charge in [-0.2, -0.15) is 0 Å². The number of nitrogens with zero attached hydrogens (tertiary/aromatic N) is 4. The summed E-state index contributed by atoms with van der Waals surface area (Å²) in [5.74, 6) is 1.01. The molecule has 1 aliphatic rings. The van der Waals surface area contributed by atoms with Crippen molar-refractivity contribution in [1.82, 2.24) is 24.4 Å². The monoisotopic (exact) mass is 465 g/mol. The van der Waals surface area contributed by atoms with Gasteiger partial charge < -0.3 is 9.88 Å². The zero-order valence-corrected chi connectivity index (χ0v) is 20.3. The standard InChI is InChI=1S/C28H27N5O2/c1-17-5-6-23(13-18(17)2)21-7-9-22(10-8-21)28-30-24-11-12-32(14-25(24)31-28)16-27(35)26-15-33(20(4)34)19(3)29-26/h5-13,15H,14,16H2,1-4H3,(H,30,31). The smallest absolute Gasteiger partial charge is 0.228 e. The Hall–Kier alpha value is -4.26. The van der Waals surface area contributed by atoms with Crippen LogP contribution in [0.5, 0.6) is 0 Å². The number of carbonyl (C=O) groups excluding carboxylic acids is 2. The van der Waals surface area contributed by atoms with Gasteiger partial charge in [0.15, 0.2) is 0 Å². The molecule has 0 saturated carbocycles. The van der Waals surface area contributed by atoms with Gasteiger partial charge in [-0.25, -0.2) is 9.97 Å². The molecule has 176 valence electrons. The predicted octanol–water partition coefficient (Wildman–Crippen LogP) is 5.19. The van der Waals surface area contributed by atoms with Gasteiger partial charge in [-0.3, -0.25) is 14.2 Å². The van der Waals surface area contributed by atoms with E-state index in [0.29, 0.717) is 18.1 Å². The molecule has 3 heterocycles. The van der Waals surface area contributed by atoms with E-state index in [4.69, 9.17) is 4.98 Å². The van der Waals surface area contributed by atoms with Crippen molar-refractivity contribution in [2.24, 2.45) is 0 Å². The van der Waals surface area contributed by atoms with Crippen LogP contribution in [-0.4, -0.2) is 42.7 Å². The van der Waals surface area contributed by atoms with E-state index in [1.165, 1.54) is 39.9 Å². The largest absolute Gasteiger partial charge is 0.364 e. The molecular formula is C28H27N5O2. The topological polar surface area (TPSA) is 83.9 Å². The fraction of sp³-hybridized carbons (Fsp3) is 0.214. The number of hydrogen-bond donors (Lipinski definition) is 1. The second-order valence-corrected chi connectivity index (χ2v) is 9.03. The van der Waals surface area contributed by atoms with E-state index in [1.807, 2.05) is 17.2 Å². The summed E-state index contributed by atoms with van der Waals surface area (Å²) in [6.45, 7) is 8.09. The maximum absolute atomic E-state index is 12.7. The number of ketones is 1. The van der Waals surface area contributed by atoms with E-state index in [0.717, 1.165) is 22.8 Å². The summed E-state index contributed by atoms with van der Waals surface area (Å²) in [5, 5.41) is 0. The highest BCUT2D eigenvalue weighted by atomic mass is 16.2. The van der Waals surface area contributed by atoms with Gasteiger partial charge in [0.1, 0.15) is 17.3 Å². The third-order valence-corrected chi connectivity index (χ3v) is 6.47. The maximum atomic E-state index is 12.7. The molecule has 4 aromatic rings. The van der Waals surface area contributed by atoms with Crippen molar-refractivity contribution >= 4 is 17.8 Å². The summed E-state index contributed by atoms with van der Waals surface area (Å²) < 4.78 is 1.39. The third-order valence-electron chi connectivity index (χ3n) is 6.47. The fourth-order valence-corrected chi connectivity index (χ4v) is 4.28. The van der Waals surface area contributed by atoms with Gasteiger partial charge in [0.25, 0.3) is 0 Å². The molecule has 0 aliphatic carbocycles. The Morgan fingerprint density at radius 3 is 2.34 bits per heavy atom. The lowest BCUT2D eigenvalue weighted by atomic mass is 9.99. The number of rotatable bonds is 5. The van der Waals surface area contributed by atoms with Crippen LogP contribution in [0.15, 0.2) is 54.9 Å². The van der Waals surface area contributed by atoms with Crippen molar-refractivity contribution in [1.29, 1.82) is 0 Å². The molecule has 0 fully saturated rings. The fourth-order valence-electron chi connectivity index (χ4n) is 4.28. The second-order valence-electron chi connectivity index (χ2n) is 9.03. The van der Waals surface area contributed by atoms with Crippen LogP contribution in [0.3, 0.4) is 0 Å². The van der Waals surface area contributed by atoms with E-state index in [1.54, 1.807) is 6.92 Å². The minimum atomic E-state index is -0.164. The van der Waals surface area contributed by atoms with Gasteiger partial charge in [-0.15, -0.1) is 0 Å². The van der Waals surface area contributed by atoms with Crippen LogP contribution in [0, 0.1) is 20.8 Å². The van der Waals surface area contributed by atoms with Crippen LogP contribution in [0.25, 0.3) is 28.6 Å². The van der Waals surface area contributed by atoms with Crippen molar-refractivity contribution in [2.75, 3.05) is 6.54 Å². The van der Waals surface area contributed by atoms with E-state index in [2.05, 4.69) is 66.3 Å². The number of aromatic amines is 1. The first-order valence-corrected chi connectivity index (χ1v) is 11.6.